The normalized spacial score (nSPS) is 18.6. The zero-order chi connectivity index (χ0) is 15.4. The number of aromatic nitrogens is 2. The molecular weight excluding hydrogens is 298 g/mol. The number of carbonyl (C=O) groups is 1. The number of likely N-dealkylation sites (N-methyl/N-ethyl adjacent to an activating group) is 1. The molecule has 0 radical (unpaired) electrons. The molecule has 8 heteroatoms. The molecule has 1 aliphatic heterocycles. The van der Waals surface area contributed by atoms with Crippen LogP contribution in [0.3, 0.4) is 0 Å². The summed E-state index contributed by atoms with van der Waals surface area (Å²) in [5.74, 6) is -0.469. The number of halogens is 1. The highest BCUT2D eigenvalue weighted by Crippen LogP contribution is 2.32. The first-order valence-corrected chi connectivity index (χ1v) is 6.97. The summed E-state index contributed by atoms with van der Waals surface area (Å²) < 4.78 is 15.4. The third-order valence-corrected chi connectivity index (χ3v) is 3.71. The minimum Gasteiger partial charge on any atom is -0.489 e. The van der Waals surface area contributed by atoms with Gasteiger partial charge in [0, 0.05) is 6.04 Å². The highest BCUT2D eigenvalue weighted by molar-refractivity contribution is 6.31. The molecule has 1 atom stereocenters. The van der Waals surface area contributed by atoms with Gasteiger partial charge in [0.25, 0.3) is 5.88 Å². The van der Waals surface area contributed by atoms with Crippen LogP contribution in [-0.4, -0.2) is 61.3 Å². The maximum Gasteiger partial charge on any atom is 0.376 e. The Morgan fingerprint density at radius 3 is 2.76 bits per heavy atom. The molecule has 0 amide bonds. The summed E-state index contributed by atoms with van der Waals surface area (Å²) in [6.07, 6.45) is 2.20. The van der Waals surface area contributed by atoms with Gasteiger partial charge in [-0.1, -0.05) is 11.6 Å². The van der Waals surface area contributed by atoms with Crippen LogP contribution in [0.15, 0.2) is 0 Å². The standard InChI is InChI=1S/C13H18ClN3O4/c1-17-6-4-5-8(17)7-21-12-9(19-2)10(14)15-11(16-12)13(18)20-3/h8H,4-7H2,1-3H3/t8-/m0/s1. The molecule has 0 aliphatic carbocycles. The van der Waals surface area contributed by atoms with Crippen LogP contribution in [0.5, 0.6) is 11.6 Å². The van der Waals surface area contributed by atoms with Crippen molar-refractivity contribution in [2.24, 2.45) is 0 Å². The predicted octanol–water partition coefficient (Wildman–Crippen LogP) is 1.40. The van der Waals surface area contributed by atoms with Crippen LogP contribution in [0.4, 0.5) is 0 Å². The van der Waals surface area contributed by atoms with Crippen LogP contribution < -0.4 is 9.47 Å². The molecule has 0 unspecified atom stereocenters. The SMILES string of the molecule is COC(=O)c1nc(Cl)c(OC)c(OC[C@@H]2CCCN2C)n1. The lowest BCUT2D eigenvalue weighted by Gasteiger charge is -2.20. The van der Waals surface area contributed by atoms with Crippen molar-refractivity contribution in [2.75, 3.05) is 34.4 Å². The van der Waals surface area contributed by atoms with Crippen molar-refractivity contribution in [3.05, 3.63) is 11.0 Å². The van der Waals surface area contributed by atoms with Crippen molar-refractivity contribution in [3.8, 4) is 11.6 Å². The Labute approximate surface area is 128 Å². The summed E-state index contributed by atoms with van der Waals surface area (Å²) >= 11 is 5.99. The van der Waals surface area contributed by atoms with E-state index >= 15 is 0 Å². The number of esters is 1. The number of rotatable bonds is 5. The predicted molar refractivity (Wildman–Crippen MR) is 76.1 cm³/mol. The molecule has 1 aliphatic rings. The Kier molecular flexibility index (Phi) is 5.19. The maximum absolute atomic E-state index is 11.5. The Hall–Kier alpha value is -1.60. The van der Waals surface area contributed by atoms with Gasteiger partial charge in [0.05, 0.1) is 14.2 Å². The second-order valence-corrected chi connectivity index (χ2v) is 5.11. The zero-order valence-corrected chi connectivity index (χ0v) is 13.0. The highest BCUT2D eigenvalue weighted by atomic mass is 35.5. The van der Waals surface area contributed by atoms with E-state index < -0.39 is 5.97 Å². The summed E-state index contributed by atoms with van der Waals surface area (Å²) in [6.45, 7) is 1.49. The third kappa shape index (κ3) is 3.54. The van der Waals surface area contributed by atoms with Gasteiger partial charge in [0.15, 0.2) is 5.15 Å². The van der Waals surface area contributed by atoms with E-state index in [4.69, 9.17) is 21.1 Å². The van der Waals surface area contributed by atoms with Gasteiger partial charge in [0.1, 0.15) is 6.61 Å². The number of hydrogen-bond donors (Lipinski definition) is 0. The van der Waals surface area contributed by atoms with Crippen LogP contribution in [0, 0.1) is 0 Å². The molecule has 2 rings (SSSR count). The molecule has 1 fully saturated rings. The number of nitrogens with zero attached hydrogens (tertiary/aromatic N) is 3. The fraction of sp³-hybridized carbons (Fsp3) is 0.615. The lowest BCUT2D eigenvalue weighted by molar-refractivity contribution is 0.0584. The minimum absolute atomic E-state index is 0.0164. The van der Waals surface area contributed by atoms with Crippen LogP contribution in [0.25, 0.3) is 0 Å². The molecule has 1 aromatic rings. The Bertz CT molecular complexity index is 526. The Balaban J connectivity index is 2.19. The van der Waals surface area contributed by atoms with Crippen LogP contribution in [-0.2, 0) is 4.74 Å². The second-order valence-electron chi connectivity index (χ2n) is 4.76. The van der Waals surface area contributed by atoms with Crippen LogP contribution in [0.1, 0.15) is 23.5 Å². The average molecular weight is 316 g/mol. The molecule has 0 spiro atoms. The molecule has 21 heavy (non-hydrogen) atoms. The van der Waals surface area contributed by atoms with Crippen molar-refractivity contribution >= 4 is 17.6 Å². The van der Waals surface area contributed by atoms with Gasteiger partial charge < -0.3 is 19.1 Å². The number of ether oxygens (including phenoxy) is 3. The molecule has 0 saturated carbocycles. The molecule has 1 aromatic heterocycles. The summed E-state index contributed by atoms with van der Waals surface area (Å²) in [7, 11) is 4.74. The summed E-state index contributed by atoms with van der Waals surface area (Å²) in [6, 6.07) is 0.310. The van der Waals surface area contributed by atoms with Gasteiger partial charge in [0.2, 0.25) is 11.6 Å². The lowest BCUT2D eigenvalue weighted by Crippen LogP contribution is -2.31. The third-order valence-electron chi connectivity index (χ3n) is 3.45. The van der Waals surface area contributed by atoms with Gasteiger partial charge in [-0.15, -0.1) is 0 Å². The molecule has 0 bridgehead atoms. The van der Waals surface area contributed by atoms with Gasteiger partial charge in [-0.2, -0.15) is 4.98 Å². The fourth-order valence-corrected chi connectivity index (χ4v) is 2.46. The van der Waals surface area contributed by atoms with Crippen molar-refractivity contribution in [3.63, 3.8) is 0 Å². The molecule has 2 heterocycles. The van der Waals surface area contributed by atoms with E-state index in [1.807, 2.05) is 7.05 Å². The van der Waals surface area contributed by atoms with Gasteiger partial charge in [-0.25, -0.2) is 9.78 Å². The Morgan fingerprint density at radius 2 is 2.19 bits per heavy atom. The van der Waals surface area contributed by atoms with Gasteiger partial charge in [-0.3, -0.25) is 0 Å². The number of likely N-dealkylation sites (tertiary alicyclic amines) is 1. The minimum atomic E-state index is -0.678. The maximum atomic E-state index is 11.5. The van der Waals surface area contributed by atoms with Crippen LogP contribution >= 0.6 is 11.6 Å². The van der Waals surface area contributed by atoms with E-state index in [0.29, 0.717) is 12.6 Å². The molecule has 116 valence electrons. The summed E-state index contributed by atoms with van der Waals surface area (Å²) in [5, 5.41) is 0.0164. The molecule has 1 saturated heterocycles. The molecule has 7 nitrogen and oxygen atoms in total. The average Bonchev–Trinajstić information content (AvgIpc) is 2.89. The van der Waals surface area contributed by atoms with Crippen molar-refractivity contribution in [1.82, 2.24) is 14.9 Å². The molecular formula is C13H18ClN3O4. The first-order chi connectivity index (χ1) is 10.1. The van der Waals surface area contributed by atoms with Gasteiger partial charge >= 0.3 is 5.97 Å². The zero-order valence-electron chi connectivity index (χ0n) is 12.3. The van der Waals surface area contributed by atoms with Crippen molar-refractivity contribution in [2.45, 2.75) is 18.9 Å². The second kappa shape index (κ2) is 6.91. The monoisotopic (exact) mass is 315 g/mol. The lowest BCUT2D eigenvalue weighted by atomic mass is 10.2. The number of carbonyl (C=O) groups excluding carboxylic acids is 1. The van der Waals surface area contributed by atoms with E-state index in [1.165, 1.54) is 14.2 Å². The molecule has 0 aromatic carbocycles. The summed E-state index contributed by atoms with van der Waals surface area (Å²) in [5.41, 5.74) is 0. The summed E-state index contributed by atoms with van der Waals surface area (Å²) in [4.78, 5) is 21.6. The Morgan fingerprint density at radius 1 is 1.43 bits per heavy atom. The fourth-order valence-electron chi connectivity index (χ4n) is 2.22. The number of hydrogen-bond acceptors (Lipinski definition) is 7. The first kappa shape index (κ1) is 15.8. The molecule has 0 N–H and O–H groups in total. The van der Waals surface area contributed by atoms with Crippen LogP contribution in [0.2, 0.25) is 5.15 Å². The quantitative estimate of drug-likeness (QED) is 0.600. The number of methoxy groups -OCH3 is 2. The van der Waals surface area contributed by atoms with E-state index in [9.17, 15) is 4.79 Å². The van der Waals surface area contributed by atoms with E-state index in [1.54, 1.807) is 0 Å². The van der Waals surface area contributed by atoms with Crippen molar-refractivity contribution in [1.29, 1.82) is 0 Å². The largest absolute Gasteiger partial charge is 0.489 e. The topological polar surface area (TPSA) is 73.8 Å². The smallest absolute Gasteiger partial charge is 0.376 e. The van der Waals surface area contributed by atoms with E-state index in [2.05, 4.69) is 19.6 Å². The highest BCUT2D eigenvalue weighted by Gasteiger charge is 2.24. The van der Waals surface area contributed by atoms with E-state index in [-0.39, 0.29) is 22.6 Å². The van der Waals surface area contributed by atoms with E-state index in [0.717, 1.165) is 19.4 Å². The first-order valence-electron chi connectivity index (χ1n) is 6.59. The van der Waals surface area contributed by atoms with Gasteiger partial charge in [-0.05, 0) is 26.4 Å². The van der Waals surface area contributed by atoms with Crippen molar-refractivity contribution < 1.29 is 19.0 Å².